The van der Waals surface area contributed by atoms with Crippen LogP contribution in [0.4, 0.5) is 5.69 Å². The van der Waals surface area contributed by atoms with E-state index in [1.807, 2.05) is 0 Å². The first-order valence-electron chi connectivity index (χ1n) is 7.67. The number of anilines is 1. The molecule has 7 heteroatoms. The van der Waals surface area contributed by atoms with Crippen molar-refractivity contribution in [3.63, 3.8) is 0 Å². The predicted molar refractivity (Wildman–Crippen MR) is 96.1 cm³/mol. The Morgan fingerprint density at radius 3 is 2.24 bits per heavy atom. The number of carbonyl (C=O) groups is 3. The number of carbonyl (C=O) groups excluding carboxylic acids is 3. The zero-order valence-corrected chi connectivity index (χ0v) is 14.6. The summed E-state index contributed by atoms with van der Waals surface area (Å²) in [5.74, 6) is -0.885. The van der Waals surface area contributed by atoms with Crippen molar-refractivity contribution in [1.82, 2.24) is 4.90 Å². The first-order valence-corrected chi connectivity index (χ1v) is 8.43. The molecule has 25 heavy (non-hydrogen) atoms. The van der Waals surface area contributed by atoms with Crippen molar-refractivity contribution >= 4 is 46.6 Å². The maximum absolute atomic E-state index is 12.2. The van der Waals surface area contributed by atoms with Gasteiger partial charge in [-0.2, -0.15) is 0 Å². The second-order valence-electron chi connectivity index (χ2n) is 5.58. The van der Waals surface area contributed by atoms with Crippen molar-refractivity contribution in [2.24, 2.45) is 0 Å². The summed E-state index contributed by atoms with van der Waals surface area (Å²) in [7, 11) is 0. The van der Waals surface area contributed by atoms with E-state index in [0.29, 0.717) is 33.3 Å². The SMILES string of the molecule is O=C(CCCN1C(=O)c2ccccc2C1=O)Nc1ccc(Cl)cc1Cl. The average molecular weight is 377 g/mol. The number of rotatable bonds is 5. The minimum absolute atomic E-state index is 0.159. The van der Waals surface area contributed by atoms with Gasteiger partial charge in [0.1, 0.15) is 0 Å². The molecule has 0 saturated carbocycles. The summed E-state index contributed by atoms with van der Waals surface area (Å²) in [6.07, 6.45) is 0.523. The summed E-state index contributed by atoms with van der Waals surface area (Å²) in [6.45, 7) is 0.189. The molecule has 128 valence electrons. The first-order chi connectivity index (χ1) is 12.0. The Balaban J connectivity index is 1.54. The highest BCUT2D eigenvalue weighted by Gasteiger charge is 2.34. The Hall–Kier alpha value is -2.37. The van der Waals surface area contributed by atoms with E-state index in [1.165, 1.54) is 11.0 Å². The molecule has 1 aliphatic rings. The minimum atomic E-state index is -0.318. The normalized spacial score (nSPS) is 13.1. The number of nitrogens with one attached hydrogen (secondary N) is 1. The van der Waals surface area contributed by atoms with E-state index in [-0.39, 0.29) is 30.7 Å². The van der Waals surface area contributed by atoms with Crippen LogP contribution in [0.15, 0.2) is 42.5 Å². The summed E-state index contributed by atoms with van der Waals surface area (Å²) in [5.41, 5.74) is 1.28. The molecular formula is C18H14Cl2N2O3. The number of fused-ring (bicyclic) bond motifs is 1. The van der Waals surface area contributed by atoms with Crippen molar-refractivity contribution in [3.8, 4) is 0 Å². The highest BCUT2D eigenvalue weighted by Crippen LogP contribution is 2.26. The topological polar surface area (TPSA) is 66.5 Å². The Morgan fingerprint density at radius 1 is 1.00 bits per heavy atom. The number of amides is 3. The minimum Gasteiger partial charge on any atom is -0.325 e. The van der Waals surface area contributed by atoms with Gasteiger partial charge in [0, 0.05) is 18.0 Å². The lowest BCUT2D eigenvalue weighted by molar-refractivity contribution is -0.116. The van der Waals surface area contributed by atoms with Crippen LogP contribution in [0.25, 0.3) is 0 Å². The third kappa shape index (κ3) is 3.67. The van der Waals surface area contributed by atoms with Crippen molar-refractivity contribution in [3.05, 3.63) is 63.6 Å². The largest absolute Gasteiger partial charge is 0.325 e. The average Bonchev–Trinajstić information content (AvgIpc) is 2.83. The number of imide groups is 1. The van der Waals surface area contributed by atoms with E-state index in [4.69, 9.17) is 23.2 Å². The van der Waals surface area contributed by atoms with E-state index in [1.54, 1.807) is 36.4 Å². The molecule has 5 nitrogen and oxygen atoms in total. The van der Waals surface area contributed by atoms with Crippen molar-refractivity contribution in [2.75, 3.05) is 11.9 Å². The molecule has 0 bridgehead atoms. The van der Waals surface area contributed by atoms with E-state index in [9.17, 15) is 14.4 Å². The summed E-state index contributed by atoms with van der Waals surface area (Å²) in [6, 6.07) is 11.5. The van der Waals surface area contributed by atoms with Crippen LogP contribution in [0.3, 0.4) is 0 Å². The highest BCUT2D eigenvalue weighted by molar-refractivity contribution is 6.36. The molecule has 1 heterocycles. The Morgan fingerprint density at radius 2 is 1.64 bits per heavy atom. The van der Waals surface area contributed by atoms with Crippen LogP contribution in [-0.2, 0) is 4.79 Å². The fourth-order valence-corrected chi connectivity index (χ4v) is 3.10. The summed E-state index contributed by atoms with van der Waals surface area (Å²) in [5, 5.41) is 3.51. The van der Waals surface area contributed by atoms with Crippen LogP contribution in [0, 0.1) is 0 Å². The number of nitrogens with zero attached hydrogens (tertiary/aromatic N) is 1. The lowest BCUT2D eigenvalue weighted by Gasteiger charge is -2.13. The molecule has 2 aromatic rings. The molecule has 3 rings (SSSR count). The number of hydrogen-bond donors (Lipinski definition) is 1. The van der Waals surface area contributed by atoms with Gasteiger partial charge in [0.05, 0.1) is 21.8 Å². The van der Waals surface area contributed by atoms with Gasteiger partial charge in [-0.25, -0.2) is 0 Å². The van der Waals surface area contributed by atoms with Gasteiger partial charge in [-0.05, 0) is 36.8 Å². The zero-order chi connectivity index (χ0) is 18.0. The molecule has 0 saturated heterocycles. The molecule has 0 aromatic heterocycles. The lowest BCUT2D eigenvalue weighted by atomic mass is 10.1. The quantitative estimate of drug-likeness (QED) is 0.801. The molecule has 2 aromatic carbocycles. The second-order valence-corrected chi connectivity index (χ2v) is 6.43. The maximum atomic E-state index is 12.2. The molecular weight excluding hydrogens is 363 g/mol. The Labute approximate surface area is 154 Å². The Bertz CT molecular complexity index is 832. The summed E-state index contributed by atoms with van der Waals surface area (Å²) >= 11 is 11.8. The maximum Gasteiger partial charge on any atom is 0.261 e. The lowest BCUT2D eigenvalue weighted by Crippen LogP contribution is -2.31. The number of halogens is 2. The number of hydrogen-bond acceptors (Lipinski definition) is 3. The number of benzene rings is 2. The van der Waals surface area contributed by atoms with Gasteiger partial charge in [0.25, 0.3) is 11.8 Å². The van der Waals surface area contributed by atoms with E-state index in [0.717, 1.165) is 0 Å². The fourth-order valence-electron chi connectivity index (χ4n) is 2.64. The van der Waals surface area contributed by atoms with Gasteiger partial charge >= 0.3 is 0 Å². The van der Waals surface area contributed by atoms with Gasteiger partial charge in [0.2, 0.25) is 5.91 Å². The van der Waals surface area contributed by atoms with Crippen LogP contribution >= 0.6 is 23.2 Å². The van der Waals surface area contributed by atoms with Crippen molar-refractivity contribution in [1.29, 1.82) is 0 Å². The van der Waals surface area contributed by atoms with Crippen LogP contribution in [-0.4, -0.2) is 29.2 Å². The van der Waals surface area contributed by atoms with Crippen molar-refractivity contribution < 1.29 is 14.4 Å². The van der Waals surface area contributed by atoms with Gasteiger partial charge in [0.15, 0.2) is 0 Å². The third-order valence-electron chi connectivity index (χ3n) is 3.87. The summed E-state index contributed by atoms with van der Waals surface area (Å²) in [4.78, 5) is 37.6. The van der Waals surface area contributed by atoms with E-state index >= 15 is 0 Å². The standard InChI is InChI=1S/C18H14Cl2N2O3/c19-11-7-8-15(14(20)10-11)21-16(23)6-3-9-22-17(24)12-4-1-2-5-13(12)18(22)25/h1-2,4-5,7-8,10H,3,6,9H2,(H,21,23). The van der Waals surface area contributed by atoms with Gasteiger partial charge < -0.3 is 5.32 Å². The molecule has 0 fully saturated rings. The molecule has 0 atom stereocenters. The van der Waals surface area contributed by atoms with Crippen molar-refractivity contribution in [2.45, 2.75) is 12.8 Å². The van der Waals surface area contributed by atoms with Gasteiger partial charge in [-0.15, -0.1) is 0 Å². The van der Waals surface area contributed by atoms with E-state index < -0.39 is 0 Å². The molecule has 0 aliphatic carbocycles. The third-order valence-corrected chi connectivity index (χ3v) is 4.42. The van der Waals surface area contributed by atoms with Crippen LogP contribution < -0.4 is 5.32 Å². The van der Waals surface area contributed by atoms with Crippen LogP contribution in [0.1, 0.15) is 33.6 Å². The molecule has 1 aliphatic heterocycles. The van der Waals surface area contributed by atoms with Gasteiger partial charge in [-0.3, -0.25) is 19.3 Å². The molecule has 0 unspecified atom stereocenters. The van der Waals surface area contributed by atoms with Crippen LogP contribution in [0.5, 0.6) is 0 Å². The van der Waals surface area contributed by atoms with E-state index in [2.05, 4.69) is 5.32 Å². The smallest absolute Gasteiger partial charge is 0.261 e. The molecule has 3 amide bonds. The fraction of sp³-hybridized carbons (Fsp3) is 0.167. The monoisotopic (exact) mass is 376 g/mol. The first kappa shape index (κ1) is 17.5. The Kier molecular flexibility index (Phi) is 5.06. The second kappa shape index (κ2) is 7.25. The highest BCUT2D eigenvalue weighted by atomic mass is 35.5. The summed E-state index contributed by atoms with van der Waals surface area (Å²) < 4.78 is 0. The van der Waals surface area contributed by atoms with Gasteiger partial charge in [-0.1, -0.05) is 35.3 Å². The molecule has 0 radical (unpaired) electrons. The molecule has 1 N–H and O–H groups in total. The predicted octanol–water partition coefficient (Wildman–Crippen LogP) is 4.01. The van der Waals surface area contributed by atoms with Crippen LogP contribution in [0.2, 0.25) is 10.0 Å². The zero-order valence-electron chi connectivity index (χ0n) is 13.1. The molecule has 0 spiro atoms.